The van der Waals surface area contributed by atoms with Crippen LogP contribution < -0.4 is 15.3 Å². The van der Waals surface area contributed by atoms with Crippen molar-refractivity contribution in [1.82, 2.24) is 0 Å². The van der Waals surface area contributed by atoms with Crippen LogP contribution in [0.2, 0.25) is 5.02 Å². The Labute approximate surface area is 242 Å². The Morgan fingerprint density at radius 3 is 1.95 bits per heavy atom. The van der Waals surface area contributed by atoms with Crippen molar-refractivity contribution in [2.24, 2.45) is 0 Å². The van der Waals surface area contributed by atoms with Crippen molar-refractivity contribution < 1.29 is 0 Å². The first-order valence-corrected chi connectivity index (χ1v) is 14.0. The molecule has 0 aromatic heterocycles. The van der Waals surface area contributed by atoms with Gasteiger partial charge in [0.1, 0.15) is 0 Å². The molecule has 1 nitrogen and oxygen atoms in total. The molecule has 0 spiro atoms. The summed E-state index contributed by atoms with van der Waals surface area (Å²) in [4.78, 5) is 2.25. The third kappa shape index (κ3) is 4.68. The summed E-state index contributed by atoms with van der Waals surface area (Å²) in [7, 11) is 0. The molecular weight excluding hydrogens is 506 g/mol. The average Bonchev–Trinajstić information content (AvgIpc) is 3.15. The molecule has 0 atom stereocenters. The molecule has 40 heavy (non-hydrogen) atoms. The van der Waals surface area contributed by atoms with Gasteiger partial charge < -0.3 is 4.90 Å². The van der Waals surface area contributed by atoms with E-state index in [-0.39, 0.29) is 5.41 Å². The minimum Gasteiger partial charge on any atom is -0.310 e. The summed E-state index contributed by atoms with van der Waals surface area (Å²) in [6, 6.07) is 42.4. The van der Waals surface area contributed by atoms with Crippen LogP contribution in [0.3, 0.4) is 0 Å². The molecule has 1 aliphatic rings. The van der Waals surface area contributed by atoms with Gasteiger partial charge in [-0.15, -0.1) is 0 Å². The van der Waals surface area contributed by atoms with Crippen LogP contribution >= 0.6 is 11.6 Å². The zero-order valence-corrected chi connectivity index (χ0v) is 23.9. The van der Waals surface area contributed by atoms with E-state index in [1.807, 2.05) is 24.3 Å². The zero-order valence-electron chi connectivity index (χ0n) is 23.2. The number of hydrogen-bond acceptors (Lipinski definition) is 1. The molecular formula is C38H32ClN. The van der Waals surface area contributed by atoms with Gasteiger partial charge in [-0.1, -0.05) is 111 Å². The normalized spacial score (nSPS) is 14.3. The van der Waals surface area contributed by atoms with E-state index in [1.54, 1.807) is 0 Å². The van der Waals surface area contributed by atoms with Crippen LogP contribution in [0.4, 0.5) is 17.1 Å². The van der Waals surface area contributed by atoms with Crippen molar-refractivity contribution in [3.63, 3.8) is 0 Å². The Kier molecular flexibility index (Phi) is 6.70. The molecule has 6 rings (SSSR count). The van der Waals surface area contributed by atoms with Crippen molar-refractivity contribution >= 4 is 46.9 Å². The van der Waals surface area contributed by atoms with E-state index in [2.05, 4.69) is 135 Å². The maximum atomic E-state index is 6.80. The van der Waals surface area contributed by atoms with Crippen LogP contribution in [-0.4, -0.2) is 0 Å². The quantitative estimate of drug-likeness (QED) is 0.216. The van der Waals surface area contributed by atoms with Crippen molar-refractivity contribution in [1.29, 1.82) is 0 Å². The van der Waals surface area contributed by atoms with E-state index in [0.29, 0.717) is 5.02 Å². The fraction of sp³-hybridized carbons (Fsp3) is 0.105. The summed E-state index contributed by atoms with van der Waals surface area (Å²) in [5, 5.41) is 2.92. The highest BCUT2D eigenvalue weighted by molar-refractivity contribution is 6.31. The van der Waals surface area contributed by atoms with Crippen molar-refractivity contribution in [3.8, 4) is 11.1 Å². The smallest absolute Gasteiger partial charge is 0.0482 e. The molecule has 2 heteroatoms. The second kappa shape index (κ2) is 10.3. The standard InChI is InChI=1S/C38H32ClN/c1-26-13-11-12-14-28(26)23-36-27(2)35-20-19-29(24-37(35)38(36,3)4)30-21-31(39)25-34(22-30)40(32-15-7-5-8-16-32)33-17-9-6-10-18-33/h5-25H,1H2,2-4H3/b28-23-. The number of allylic oxidation sites excluding steroid dienone is 2. The molecule has 0 unspecified atom stereocenters. The third-order valence-corrected chi connectivity index (χ3v) is 8.25. The number of hydrogen-bond donors (Lipinski definition) is 0. The predicted molar refractivity (Wildman–Crippen MR) is 173 cm³/mol. The summed E-state index contributed by atoms with van der Waals surface area (Å²) in [5.74, 6) is 0. The third-order valence-electron chi connectivity index (χ3n) is 8.03. The molecule has 0 bridgehead atoms. The first kappa shape index (κ1) is 25.9. The van der Waals surface area contributed by atoms with Crippen LogP contribution in [0.25, 0.3) is 29.4 Å². The number of rotatable bonds is 5. The van der Waals surface area contributed by atoms with Crippen molar-refractivity contribution in [2.75, 3.05) is 4.90 Å². The van der Waals surface area contributed by atoms with Crippen molar-refractivity contribution in [2.45, 2.75) is 26.2 Å². The monoisotopic (exact) mass is 537 g/mol. The van der Waals surface area contributed by atoms with E-state index in [1.165, 1.54) is 27.5 Å². The Balaban J connectivity index is 1.45. The maximum Gasteiger partial charge on any atom is 0.0482 e. The minimum atomic E-state index is -0.140. The summed E-state index contributed by atoms with van der Waals surface area (Å²) >= 11 is 6.80. The summed E-state index contributed by atoms with van der Waals surface area (Å²) < 4.78 is 0. The SMILES string of the molecule is C=c1cccc/c1=C/C1=C(C)c2ccc(-c3cc(Cl)cc(N(c4ccccc4)c4ccccc4)c3)cc2C1(C)C. The average molecular weight is 538 g/mol. The van der Waals surface area contributed by atoms with Crippen LogP contribution in [0.15, 0.2) is 127 Å². The number of halogens is 1. The fourth-order valence-corrected chi connectivity index (χ4v) is 6.15. The summed E-state index contributed by atoms with van der Waals surface area (Å²) in [6.45, 7) is 11.1. The molecule has 0 saturated heterocycles. The Morgan fingerprint density at radius 2 is 1.30 bits per heavy atom. The highest BCUT2D eigenvalue weighted by atomic mass is 35.5. The Hall–Kier alpha value is -4.33. The van der Waals surface area contributed by atoms with Gasteiger partial charge >= 0.3 is 0 Å². The molecule has 0 saturated carbocycles. The number of benzene rings is 5. The second-order valence-corrected chi connectivity index (χ2v) is 11.4. The maximum absolute atomic E-state index is 6.80. The van der Waals surface area contributed by atoms with Gasteiger partial charge in [-0.25, -0.2) is 0 Å². The van der Waals surface area contributed by atoms with Gasteiger partial charge in [-0.05, 0) is 99.3 Å². The van der Waals surface area contributed by atoms with E-state index < -0.39 is 0 Å². The summed E-state index contributed by atoms with van der Waals surface area (Å²) in [6.07, 6.45) is 2.31. The van der Waals surface area contributed by atoms with Crippen molar-refractivity contribution in [3.05, 3.63) is 153 Å². The lowest BCUT2D eigenvalue weighted by molar-refractivity contribution is 0.661. The number of nitrogens with zero attached hydrogens (tertiary/aromatic N) is 1. The molecule has 0 amide bonds. The molecule has 5 aromatic rings. The lowest BCUT2D eigenvalue weighted by Crippen LogP contribution is -2.25. The largest absolute Gasteiger partial charge is 0.310 e. The second-order valence-electron chi connectivity index (χ2n) is 11.0. The predicted octanol–water partition coefficient (Wildman–Crippen LogP) is 9.43. The molecule has 196 valence electrons. The molecule has 0 heterocycles. The van der Waals surface area contributed by atoms with Gasteiger partial charge in [0.15, 0.2) is 0 Å². The zero-order chi connectivity index (χ0) is 27.9. The molecule has 0 aliphatic heterocycles. The molecule has 1 aliphatic carbocycles. The lowest BCUT2D eigenvalue weighted by Gasteiger charge is -2.26. The molecule has 0 radical (unpaired) electrons. The van der Waals surface area contributed by atoms with Crippen LogP contribution in [-0.2, 0) is 5.41 Å². The fourth-order valence-electron chi connectivity index (χ4n) is 5.92. The first-order chi connectivity index (χ1) is 19.3. The summed E-state index contributed by atoms with van der Waals surface area (Å²) in [5.41, 5.74) is 10.6. The van der Waals surface area contributed by atoms with E-state index in [9.17, 15) is 0 Å². The van der Waals surface area contributed by atoms with Gasteiger partial charge in [-0.2, -0.15) is 0 Å². The Bertz CT molecular complexity index is 1810. The lowest BCUT2D eigenvalue weighted by atomic mass is 9.80. The highest BCUT2D eigenvalue weighted by Gasteiger charge is 2.35. The van der Waals surface area contributed by atoms with E-state index in [4.69, 9.17) is 11.6 Å². The number of para-hydroxylation sites is 2. The van der Waals surface area contributed by atoms with E-state index >= 15 is 0 Å². The number of fused-ring (bicyclic) bond motifs is 1. The van der Waals surface area contributed by atoms with Crippen LogP contribution in [0.1, 0.15) is 31.9 Å². The molecule has 0 N–H and O–H groups in total. The topological polar surface area (TPSA) is 3.24 Å². The van der Waals surface area contributed by atoms with Gasteiger partial charge in [0.2, 0.25) is 0 Å². The van der Waals surface area contributed by atoms with Crippen LogP contribution in [0.5, 0.6) is 0 Å². The molecule has 5 aromatic carbocycles. The van der Waals surface area contributed by atoms with Gasteiger partial charge in [0, 0.05) is 27.5 Å². The number of anilines is 3. The van der Waals surface area contributed by atoms with Gasteiger partial charge in [0.25, 0.3) is 0 Å². The van der Waals surface area contributed by atoms with Gasteiger partial charge in [-0.3, -0.25) is 0 Å². The molecule has 0 fully saturated rings. The Morgan fingerprint density at radius 1 is 0.675 bits per heavy atom. The van der Waals surface area contributed by atoms with Gasteiger partial charge in [0.05, 0.1) is 0 Å². The van der Waals surface area contributed by atoms with E-state index in [0.717, 1.165) is 33.4 Å². The first-order valence-electron chi connectivity index (χ1n) is 13.7. The highest BCUT2D eigenvalue weighted by Crippen LogP contribution is 2.48. The van der Waals surface area contributed by atoms with Crippen LogP contribution in [0, 0.1) is 0 Å². The minimum absolute atomic E-state index is 0.140.